The fourth-order valence-electron chi connectivity index (χ4n) is 2.74. The highest BCUT2D eigenvalue weighted by Gasteiger charge is 2.20. The molecule has 1 aromatic carbocycles. The second kappa shape index (κ2) is 8.56. The van der Waals surface area contributed by atoms with Gasteiger partial charge < -0.3 is 4.90 Å². The van der Waals surface area contributed by atoms with E-state index in [1.54, 1.807) is 22.7 Å². The van der Waals surface area contributed by atoms with Crippen molar-refractivity contribution in [2.45, 2.75) is 20.3 Å². The van der Waals surface area contributed by atoms with Crippen molar-refractivity contribution in [1.82, 2.24) is 9.88 Å². The van der Waals surface area contributed by atoms with Crippen LogP contribution in [0.25, 0.3) is 10.2 Å². The Kier molecular flexibility index (Phi) is 6.18. The van der Waals surface area contributed by atoms with Crippen LogP contribution in [0.1, 0.15) is 18.7 Å². The molecule has 132 valence electrons. The third-order valence-electron chi connectivity index (χ3n) is 4.25. The Hall–Kier alpha value is -1.76. The lowest BCUT2D eigenvalue weighted by atomic mass is 10.3. The quantitative estimate of drug-likeness (QED) is 0.591. The molecule has 0 N–H and O–H groups in total. The first-order valence-electron chi connectivity index (χ1n) is 8.62. The Labute approximate surface area is 156 Å². The molecule has 0 fully saturated rings. The standard InChI is InChI=1S/C19H23N3OS2/c1-3-21(4-2)11-12-22(18(23)14-15-8-7-13-24-15)19-20-16-9-5-6-10-17(16)25-19/h5-10,13H,3-4,11-12,14H2,1-2H3. The Morgan fingerprint density at radius 2 is 1.88 bits per heavy atom. The monoisotopic (exact) mass is 373 g/mol. The average Bonchev–Trinajstić information content (AvgIpc) is 3.27. The summed E-state index contributed by atoms with van der Waals surface area (Å²) in [5.41, 5.74) is 0.958. The van der Waals surface area contributed by atoms with E-state index < -0.39 is 0 Å². The van der Waals surface area contributed by atoms with Gasteiger partial charge in [-0.25, -0.2) is 4.98 Å². The van der Waals surface area contributed by atoms with E-state index in [1.807, 2.05) is 40.6 Å². The number of thiophene rings is 1. The largest absolute Gasteiger partial charge is 0.302 e. The predicted octanol–water partition coefficient (Wildman–Crippen LogP) is 4.28. The summed E-state index contributed by atoms with van der Waals surface area (Å²) in [7, 11) is 0. The van der Waals surface area contributed by atoms with Gasteiger partial charge in [-0.2, -0.15) is 0 Å². The van der Waals surface area contributed by atoms with Gasteiger partial charge in [-0.1, -0.05) is 43.4 Å². The fraction of sp³-hybridized carbons (Fsp3) is 0.368. The molecule has 4 nitrogen and oxygen atoms in total. The molecule has 0 atom stereocenters. The highest BCUT2D eigenvalue weighted by Crippen LogP contribution is 2.29. The number of anilines is 1. The van der Waals surface area contributed by atoms with E-state index in [4.69, 9.17) is 4.98 Å². The zero-order valence-electron chi connectivity index (χ0n) is 14.6. The number of hydrogen-bond acceptors (Lipinski definition) is 5. The molecule has 0 spiro atoms. The van der Waals surface area contributed by atoms with Crippen molar-refractivity contribution < 1.29 is 4.79 Å². The molecule has 0 bridgehead atoms. The lowest BCUT2D eigenvalue weighted by Gasteiger charge is -2.24. The van der Waals surface area contributed by atoms with E-state index in [0.29, 0.717) is 13.0 Å². The van der Waals surface area contributed by atoms with Gasteiger partial charge in [0.25, 0.3) is 0 Å². The summed E-state index contributed by atoms with van der Waals surface area (Å²) in [6.45, 7) is 7.81. The summed E-state index contributed by atoms with van der Waals surface area (Å²) in [6, 6.07) is 12.1. The third-order valence-corrected chi connectivity index (χ3v) is 6.19. The number of nitrogens with zero attached hydrogens (tertiary/aromatic N) is 3. The van der Waals surface area contributed by atoms with E-state index in [1.165, 1.54) is 0 Å². The molecule has 6 heteroatoms. The van der Waals surface area contributed by atoms with Crippen molar-refractivity contribution in [3.63, 3.8) is 0 Å². The van der Waals surface area contributed by atoms with Gasteiger partial charge in [-0.15, -0.1) is 11.3 Å². The number of likely N-dealkylation sites (N-methyl/N-ethyl adjacent to an activating group) is 1. The van der Waals surface area contributed by atoms with Crippen molar-refractivity contribution in [2.75, 3.05) is 31.1 Å². The van der Waals surface area contributed by atoms with Crippen molar-refractivity contribution in [3.8, 4) is 0 Å². The Morgan fingerprint density at radius 1 is 1.08 bits per heavy atom. The van der Waals surface area contributed by atoms with Crippen molar-refractivity contribution >= 4 is 43.9 Å². The first kappa shape index (κ1) is 18.0. The second-order valence-electron chi connectivity index (χ2n) is 5.79. The maximum atomic E-state index is 13.0. The molecule has 0 aliphatic rings. The number of rotatable bonds is 8. The van der Waals surface area contributed by atoms with Crippen LogP contribution in [0.2, 0.25) is 0 Å². The molecule has 0 saturated carbocycles. The minimum Gasteiger partial charge on any atom is -0.302 e. The van der Waals surface area contributed by atoms with Crippen LogP contribution in [0.4, 0.5) is 5.13 Å². The molecular formula is C19H23N3OS2. The van der Waals surface area contributed by atoms with Gasteiger partial charge in [0.05, 0.1) is 16.6 Å². The second-order valence-corrected chi connectivity index (χ2v) is 7.83. The summed E-state index contributed by atoms with van der Waals surface area (Å²) in [4.78, 5) is 23.0. The third kappa shape index (κ3) is 4.45. The molecule has 0 aliphatic heterocycles. The summed E-state index contributed by atoms with van der Waals surface area (Å²) in [6.07, 6.45) is 0.436. The normalized spacial score (nSPS) is 11.3. The highest BCUT2D eigenvalue weighted by molar-refractivity contribution is 7.22. The van der Waals surface area contributed by atoms with E-state index in [-0.39, 0.29) is 5.91 Å². The molecular weight excluding hydrogens is 350 g/mol. The SMILES string of the molecule is CCN(CC)CCN(C(=O)Cc1cccs1)c1nc2ccccc2s1. The number of carbonyl (C=O) groups excluding carboxylic acids is 1. The van der Waals surface area contributed by atoms with Crippen LogP contribution in [-0.2, 0) is 11.2 Å². The lowest BCUT2D eigenvalue weighted by Crippen LogP contribution is -2.39. The number of fused-ring (bicyclic) bond motifs is 1. The highest BCUT2D eigenvalue weighted by atomic mass is 32.1. The maximum absolute atomic E-state index is 13.0. The first-order chi connectivity index (χ1) is 12.2. The number of benzene rings is 1. The topological polar surface area (TPSA) is 36.4 Å². The van der Waals surface area contributed by atoms with E-state index in [9.17, 15) is 4.79 Å². The zero-order chi connectivity index (χ0) is 17.6. The van der Waals surface area contributed by atoms with Crippen LogP contribution in [0.3, 0.4) is 0 Å². The van der Waals surface area contributed by atoms with Crippen LogP contribution < -0.4 is 4.90 Å². The van der Waals surface area contributed by atoms with Crippen LogP contribution >= 0.6 is 22.7 Å². The Bertz CT molecular complexity index is 776. The fourth-order valence-corrected chi connectivity index (χ4v) is 4.45. The maximum Gasteiger partial charge on any atom is 0.234 e. The number of aromatic nitrogens is 1. The molecule has 1 amide bonds. The van der Waals surface area contributed by atoms with Crippen LogP contribution in [0, 0.1) is 0 Å². The Morgan fingerprint density at radius 3 is 2.56 bits per heavy atom. The van der Waals surface area contributed by atoms with Gasteiger partial charge in [-0.3, -0.25) is 9.69 Å². The molecule has 0 radical (unpaired) electrons. The number of carbonyl (C=O) groups is 1. The summed E-state index contributed by atoms with van der Waals surface area (Å²) >= 11 is 3.22. The number of amides is 1. The molecule has 0 saturated heterocycles. The molecule has 25 heavy (non-hydrogen) atoms. The first-order valence-corrected chi connectivity index (χ1v) is 10.3. The number of thiazole rings is 1. The molecule has 3 rings (SSSR count). The van der Waals surface area contributed by atoms with Crippen molar-refractivity contribution in [3.05, 3.63) is 46.7 Å². The molecule has 2 aromatic heterocycles. The number of hydrogen-bond donors (Lipinski definition) is 0. The van der Waals surface area contributed by atoms with Crippen LogP contribution in [-0.4, -0.2) is 42.0 Å². The van der Waals surface area contributed by atoms with Gasteiger partial charge in [0.2, 0.25) is 5.91 Å². The van der Waals surface area contributed by atoms with Crippen molar-refractivity contribution in [1.29, 1.82) is 0 Å². The summed E-state index contributed by atoms with van der Waals surface area (Å²) in [5.74, 6) is 0.119. The summed E-state index contributed by atoms with van der Waals surface area (Å²) in [5, 5.41) is 2.82. The van der Waals surface area contributed by atoms with Gasteiger partial charge in [0.1, 0.15) is 0 Å². The van der Waals surface area contributed by atoms with E-state index in [2.05, 4.69) is 24.8 Å². The molecule has 3 aromatic rings. The van der Waals surface area contributed by atoms with Gasteiger partial charge in [-0.05, 0) is 36.7 Å². The summed E-state index contributed by atoms with van der Waals surface area (Å²) < 4.78 is 1.12. The van der Waals surface area contributed by atoms with Crippen LogP contribution in [0.15, 0.2) is 41.8 Å². The molecule has 0 unspecified atom stereocenters. The minimum absolute atomic E-state index is 0.119. The van der Waals surface area contributed by atoms with Crippen molar-refractivity contribution in [2.24, 2.45) is 0 Å². The zero-order valence-corrected chi connectivity index (χ0v) is 16.3. The average molecular weight is 374 g/mol. The van der Waals surface area contributed by atoms with Gasteiger partial charge in [0, 0.05) is 18.0 Å². The molecule has 2 heterocycles. The van der Waals surface area contributed by atoms with E-state index >= 15 is 0 Å². The Balaban J connectivity index is 1.83. The molecule has 0 aliphatic carbocycles. The van der Waals surface area contributed by atoms with Crippen LogP contribution in [0.5, 0.6) is 0 Å². The van der Waals surface area contributed by atoms with E-state index in [0.717, 1.165) is 39.9 Å². The van der Waals surface area contributed by atoms with Gasteiger partial charge in [0.15, 0.2) is 5.13 Å². The smallest absolute Gasteiger partial charge is 0.234 e. The van der Waals surface area contributed by atoms with Gasteiger partial charge >= 0.3 is 0 Å². The predicted molar refractivity (Wildman–Crippen MR) is 108 cm³/mol. The minimum atomic E-state index is 0.119. The lowest BCUT2D eigenvalue weighted by molar-refractivity contribution is -0.118. The number of para-hydroxylation sites is 1.